The molecule has 0 unspecified atom stereocenters. The number of non-ortho nitro benzene ring substituents is 1. The largest absolute Gasteiger partial charge is 0.326 e. The molecule has 0 aliphatic heterocycles. The number of hydrogen-bond acceptors (Lipinski definition) is 8. The fourth-order valence-electron chi connectivity index (χ4n) is 2.42. The maximum atomic E-state index is 11.2. The van der Waals surface area contributed by atoms with Crippen molar-refractivity contribution in [2.75, 3.05) is 17.9 Å². The van der Waals surface area contributed by atoms with Gasteiger partial charge in [-0.1, -0.05) is 30.3 Å². The minimum atomic E-state index is -0.717. The molecule has 0 spiro atoms. The van der Waals surface area contributed by atoms with Gasteiger partial charge in [-0.15, -0.1) is 5.10 Å². The number of benzene rings is 2. The quantitative estimate of drug-likeness (QED) is 0.493. The van der Waals surface area contributed by atoms with E-state index in [0.717, 1.165) is 17.7 Å². The highest BCUT2D eigenvalue weighted by molar-refractivity contribution is 5.65. The van der Waals surface area contributed by atoms with Crippen LogP contribution in [-0.2, 0) is 0 Å². The summed E-state index contributed by atoms with van der Waals surface area (Å²) in [5, 5.41) is 26.2. The Hall–Kier alpha value is -4.28. The Labute approximate surface area is 158 Å². The van der Waals surface area contributed by atoms with Gasteiger partial charge in [0.05, 0.1) is 21.6 Å². The van der Waals surface area contributed by atoms with E-state index >= 15 is 0 Å². The fourth-order valence-corrected chi connectivity index (χ4v) is 2.42. The molecule has 0 aliphatic carbocycles. The molecule has 0 fully saturated rings. The molecule has 1 heterocycles. The van der Waals surface area contributed by atoms with Crippen LogP contribution in [0.1, 0.15) is 0 Å². The summed E-state index contributed by atoms with van der Waals surface area (Å²) in [6.45, 7) is 0. The molecule has 0 bridgehead atoms. The highest BCUT2D eigenvalue weighted by Gasteiger charge is 2.19. The van der Waals surface area contributed by atoms with E-state index in [-0.39, 0.29) is 17.0 Å². The number of aromatic nitrogens is 2. The van der Waals surface area contributed by atoms with E-state index in [4.69, 9.17) is 0 Å². The number of anilines is 1. The van der Waals surface area contributed by atoms with Gasteiger partial charge in [0, 0.05) is 24.9 Å². The third-order valence-electron chi connectivity index (χ3n) is 3.79. The summed E-state index contributed by atoms with van der Waals surface area (Å²) in [6, 6.07) is 14.5. The average molecular weight is 381 g/mol. The first-order valence-electron chi connectivity index (χ1n) is 8.05. The van der Waals surface area contributed by atoms with Crippen LogP contribution in [0.4, 0.5) is 17.1 Å². The Balaban J connectivity index is 2.02. The van der Waals surface area contributed by atoms with Crippen molar-refractivity contribution in [2.24, 2.45) is 5.10 Å². The number of nitro benzene ring substituents is 2. The Morgan fingerprint density at radius 1 is 1.04 bits per heavy atom. The van der Waals surface area contributed by atoms with Crippen molar-refractivity contribution < 1.29 is 9.85 Å². The molecule has 0 aliphatic rings. The van der Waals surface area contributed by atoms with E-state index in [0.29, 0.717) is 5.69 Å². The lowest BCUT2D eigenvalue weighted by Gasteiger charge is -2.08. The van der Waals surface area contributed by atoms with Crippen LogP contribution in [0.5, 0.6) is 0 Å². The van der Waals surface area contributed by atoms with Gasteiger partial charge in [0.25, 0.3) is 11.3 Å². The number of nitrogens with zero attached hydrogens (tertiary/aromatic N) is 5. The van der Waals surface area contributed by atoms with E-state index in [1.54, 1.807) is 19.3 Å². The van der Waals surface area contributed by atoms with E-state index < -0.39 is 15.5 Å². The van der Waals surface area contributed by atoms with Gasteiger partial charge >= 0.3 is 5.69 Å². The molecule has 11 heteroatoms. The SMILES string of the molecule is CNn1ccc(-c2ccccc2)n/c1=N\Nc1ccc([N+](=O)[O-])cc1[N+](=O)[O-]. The summed E-state index contributed by atoms with van der Waals surface area (Å²) in [5.74, 6) is 0. The maximum Gasteiger partial charge on any atom is 0.301 e. The monoisotopic (exact) mass is 381 g/mol. The molecular formula is C17H15N7O4. The molecule has 0 radical (unpaired) electrons. The Morgan fingerprint density at radius 3 is 2.43 bits per heavy atom. The molecule has 11 nitrogen and oxygen atoms in total. The third kappa shape index (κ3) is 3.93. The van der Waals surface area contributed by atoms with Crippen molar-refractivity contribution in [3.63, 3.8) is 0 Å². The number of hydrogen-bond donors (Lipinski definition) is 2. The van der Waals surface area contributed by atoms with Crippen molar-refractivity contribution in [3.8, 4) is 11.3 Å². The number of rotatable bonds is 6. The fraction of sp³-hybridized carbons (Fsp3) is 0.0588. The first-order valence-corrected chi connectivity index (χ1v) is 8.05. The topological polar surface area (TPSA) is 141 Å². The van der Waals surface area contributed by atoms with Crippen molar-refractivity contribution in [2.45, 2.75) is 0 Å². The molecule has 28 heavy (non-hydrogen) atoms. The third-order valence-corrected chi connectivity index (χ3v) is 3.79. The lowest BCUT2D eigenvalue weighted by Crippen LogP contribution is -2.30. The second-order valence-corrected chi connectivity index (χ2v) is 5.51. The predicted molar refractivity (Wildman–Crippen MR) is 102 cm³/mol. The first-order chi connectivity index (χ1) is 13.5. The van der Waals surface area contributed by atoms with Crippen LogP contribution < -0.4 is 16.5 Å². The average Bonchev–Trinajstić information content (AvgIpc) is 2.72. The summed E-state index contributed by atoms with van der Waals surface area (Å²) >= 11 is 0. The van der Waals surface area contributed by atoms with Gasteiger partial charge in [-0.05, 0) is 12.1 Å². The highest BCUT2D eigenvalue weighted by atomic mass is 16.6. The van der Waals surface area contributed by atoms with E-state index in [9.17, 15) is 20.2 Å². The summed E-state index contributed by atoms with van der Waals surface area (Å²) in [4.78, 5) is 25.1. The van der Waals surface area contributed by atoms with Crippen LogP contribution >= 0.6 is 0 Å². The lowest BCUT2D eigenvalue weighted by molar-refractivity contribution is -0.393. The Kier molecular flexibility index (Phi) is 5.25. The molecule has 0 saturated carbocycles. The molecule has 0 atom stereocenters. The minimum absolute atomic E-state index is 0.00478. The van der Waals surface area contributed by atoms with Crippen molar-refractivity contribution in [3.05, 3.63) is 86.6 Å². The first kappa shape index (κ1) is 18.5. The van der Waals surface area contributed by atoms with Gasteiger partial charge in [-0.25, -0.2) is 9.66 Å². The predicted octanol–water partition coefficient (Wildman–Crippen LogP) is 2.47. The van der Waals surface area contributed by atoms with Crippen LogP contribution in [-0.4, -0.2) is 26.6 Å². The van der Waals surface area contributed by atoms with Crippen molar-refractivity contribution in [1.29, 1.82) is 0 Å². The smallest absolute Gasteiger partial charge is 0.301 e. The molecule has 2 N–H and O–H groups in total. The second kappa shape index (κ2) is 7.95. The second-order valence-electron chi connectivity index (χ2n) is 5.51. The van der Waals surface area contributed by atoms with Gasteiger partial charge in [0.1, 0.15) is 5.69 Å². The molecule has 142 valence electrons. The minimum Gasteiger partial charge on any atom is -0.326 e. The van der Waals surface area contributed by atoms with Crippen LogP contribution in [0.3, 0.4) is 0 Å². The van der Waals surface area contributed by atoms with Crippen LogP contribution in [0.2, 0.25) is 0 Å². The van der Waals surface area contributed by atoms with E-state index in [2.05, 4.69) is 20.9 Å². The van der Waals surface area contributed by atoms with Gasteiger partial charge < -0.3 is 5.43 Å². The van der Waals surface area contributed by atoms with E-state index in [1.165, 1.54) is 10.7 Å². The summed E-state index contributed by atoms with van der Waals surface area (Å²) < 4.78 is 1.51. The van der Waals surface area contributed by atoms with Crippen molar-refractivity contribution >= 4 is 17.1 Å². The van der Waals surface area contributed by atoms with Crippen LogP contribution in [0, 0.1) is 20.2 Å². The van der Waals surface area contributed by atoms with Gasteiger partial charge in [-0.2, -0.15) is 0 Å². The Morgan fingerprint density at radius 2 is 1.79 bits per heavy atom. The lowest BCUT2D eigenvalue weighted by atomic mass is 10.1. The highest BCUT2D eigenvalue weighted by Crippen LogP contribution is 2.28. The number of nitrogens with one attached hydrogen (secondary N) is 2. The standard InChI is InChI=1S/C17H15N7O4/c1-18-22-10-9-14(12-5-3-2-4-6-12)19-17(22)21-20-15-8-7-13(23(25)26)11-16(15)24(27)28/h2-11,18,20H,1H3/b21-17+. The van der Waals surface area contributed by atoms with Crippen LogP contribution in [0.25, 0.3) is 11.3 Å². The summed E-state index contributed by atoms with van der Waals surface area (Å²) in [7, 11) is 1.66. The molecule has 0 amide bonds. The zero-order valence-electron chi connectivity index (χ0n) is 14.6. The molecular weight excluding hydrogens is 366 g/mol. The summed E-state index contributed by atoms with van der Waals surface area (Å²) in [6.07, 6.45) is 1.71. The summed E-state index contributed by atoms with van der Waals surface area (Å²) in [5.41, 5.74) is 6.34. The van der Waals surface area contributed by atoms with Gasteiger partial charge in [0.15, 0.2) is 0 Å². The Bertz CT molecular complexity index is 1100. The molecule has 3 rings (SSSR count). The normalized spacial score (nSPS) is 11.1. The van der Waals surface area contributed by atoms with Crippen LogP contribution in [0.15, 0.2) is 65.9 Å². The molecule has 0 saturated heterocycles. The zero-order valence-corrected chi connectivity index (χ0v) is 14.6. The zero-order chi connectivity index (χ0) is 20.1. The molecule has 3 aromatic rings. The number of nitro groups is 2. The molecule has 1 aromatic heterocycles. The van der Waals surface area contributed by atoms with Gasteiger partial charge in [-0.3, -0.25) is 25.7 Å². The van der Waals surface area contributed by atoms with E-state index in [1.807, 2.05) is 30.3 Å². The van der Waals surface area contributed by atoms with Gasteiger partial charge in [0.2, 0.25) is 0 Å². The molecule has 2 aromatic carbocycles. The maximum absolute atomic E-state index is 11.2. The van der Waals surface area contributed by atoms with Crippen molar-refractivity contribution in [1.82, 2.24) is 9.66 Å².